The van der Waals surface area contributed by atoms with Gasteiger partial charge in [-0.15, -0.1) is 11.3 Å². The van der Waals surface area contributed by atoms with Crippen molar-refractivity contribution < 1.29 is 4.74 Å². The standard InChI is InChI=1S/C14H24N2OS/c1-3-9-15-10-12-11-18-13(16-12)14(17-2)7-5-4-6-8-14/h11,15H,3-10H2,1-2H3. The molecule has 1 saturated carbocycles. The van der Waals surface area contributed by atoms with Crippen molar-refractivity contribution in [1.29, 1.82) is 0 Å². The second-order valence-electron chi connectivity index (χ2n) is 5.08. The highest BCUT2D eigenvalue weighted by Gasteiger charge is 2.36. The van der Waals surface area contributed by atoms with E-state index < -0.39 is 0 Å². The van der Waals surface area contributed by atoms with Crippen molar-refractivity contribution in [1.82, 2.24) is 10.3 Å². The molecule has 0 amide bonds. The smallest absolute Gasteiger partial charge is 0.125 e. The van der Waals surface area contributed by atoms with Gasteiger partial charge in [0.1, 0.15) is 10.6 Å². The third-order valence-electron chi connectivity index (χ3n) is 3.73. The molecule has 1 aliphatic rings. The topological polar surface area (TPSA) is 34.1 Å². The summed E-state index contributed by atoms with van der Waals surface area (Å²) < 4.78 is 5.83. The summed E-state index contributed by atoms with van der Waals surface area (Å²) in [6.45, 7) is 4.12. The number of thiazole rings is 1. The molecule has 18 heavy (non-hydrogen) atoms. The molecule has 0 saturated heterocycles. The van der Waals surface area contributed by atoms with Gasteiger partial charge >= 0.3 is 0 Å². The van der Waals surface area contributed by atoms with Gasteiger partial charge in [0.15, 0.2) is 0 Å². The highest BCUT2D eigenvalue weighted by atomic mass is 32.1. The molecule has 1 fully saturated rings. The number of aromatic nitrogens is 1. The molecule has 1 heterocycles. The molecule has 0 aliphatic heterocycles. The van der Waals surface area contributed by atoms with Crippen LogP contribution in [0.4, 0.5) is 0 Å². The van der Waals surface area contributed by atoms with E-state index in [-0.39, 0.29) is 5.60 Å². The summed E-state index contributed by atoms with van der Waals surface area (Å²) in [6.07, 6.45) is 7.27. The highest BCUT2D eigenvalue weighted by molar-refractivity contribution is 7.09. The zero-order valence-electron chi connectivity index (χ0n) is 11.5. The molecule has 0 radical (unpaired) electrons. The average Bonchev–Trinajstić information content (AvgIpc) is 2.89. The molecule has 4 heteroatoms. The maximum absolute atomic E-state index is 5.83. The molecular weight excluding hydrogens is 244 g/mol. The molecule has 1 aromatic heterocycles. The van der Waals surface area contributed by atoms with Gasteiger partial charge in [-0.25, -0.2) is 4.98 Å². The first kappa shape index (κ1) is 14.0. The summed E-state index contributed by atoms with van der Waals surface area (Å²) in [4.78, 5) is 4.78. The molecule has 0 atom stereocenters. The van der Waals surface area contributed by atoms with Crippen LogP contribution in [-0.2, 0) is 16.9 Å². The largest absolute Gasteiger partial charge is 0.371 e. The van der Waals surface area contributed by atoms with Gasteiger partial charge in [0.25, 0.3) is 0 Å². The first-order chi connectivity index (χ1) is 8.80. The van der Waals surface area contributed by atoms with Crippen LogP contribution in [0, 0.1) is 0 Å². The van der Waals surface area contributed by atoms with Gasteiger partial charge < -0.3 is 10.1 Å². The number of rotatable bonds is 6. The van der Waals surface area contributed by atoms with Crippen molar-refractivity contribution in [3.05, 3.63) is 16.1 Å². The summed E-state index contributed by atoms with van der Waals surface area (Å²) in [5, 5.41) is 6.75. The second kappa shape index (κ2) is 6.64. The molecular formula is C14H24N2OS. The van der Waals surface area contributed by atoms with Crippen LogP contribution in [0.25, 0.3) is 0 Å². The van der Waals surface area contributed by atoms with Crippen LogP contribution in [0.1, 0.15) is 56.2 Å². The maximum atomic E-state index is 5.83. The van der Waals surface area contributed by atoms with E-state index in [0.29, 0.717) is 0 Å². The zero-order valence-corrected chi connectivity index (χ0v) is 12.3. The average molecular weight is 268 g/mol. The molecule has 0 spiro atoms. The van der Waals surface area contributed by atoms with E-state index in [2.05, 4.69) is 17.6 Å². The van der Waals surface area contributed by atoms with Crippen LogP contribution in [0.3, 0.4) is 0 Å². The van der Waals surface area contributed by atoms with Crippen LogP contribution < -0.4 is 5.32 Å². The fourth-order valence-corrected chi connectivity index (χ4v) is 3.67. The third-order valence-corrected chi connectivity index (χ3v) is 4.80. The quantitative estimate of drug-likeness (QED) is 0.802. The molecule has 102 valence electrons. The normalized spacial score (nSPS) is 19.0. The van der Waals surface area contributed by atoms with Crippen LogP contribution >= 0.6 is 11.3 Å². The van der Waals surface area contributed by atoms with Crippen molar-refractivity contribution in [2.45, 2.75) is 57.6 Å². The Balaban J connectivity index is 2.02. The predicted molar refractivity (Wildman–Crippen MR) is 75.9 cm³/mol. The van der Waals surface area contributed by atoms with Gasteiger partial charge in [-0.3, -0.25) is 0 Å². The minimum Gasteiger partial charge on any atom is -0.371 e. The van der Waals surface area contributed by atoms with Gasteiger partial charge in [-0.05, 0) is 25.8 Å². The second-order valence-corrected chi connectivity index (χ2v) is 5.94. The first-order valence-corrected chi connectivity index (χ1v) is 7.89. The molecule has 1 aromatic rings. The number of hydrogen-bond acceptors (Lipinski definition) is 4. The van der Waals surface area contributed by atoms with E-state index in [1.165, 1.54) is 30.7 Å². The fraction of sp³-hybridized carbons (Fsp3) is 0.786. The molecule has 1 N–H and O–H groups in total. The Bertz CT molecular complexity index is 358. The van der Waals surface area contributed by atoms with E-state index in [1.807, 2.05) is 7.11 Å². The summed E-state index contributed by atoms with van der Waals surface area (Å²) in [5.74, 6) is 0. The number of ether oxygens (including phenoxy) is 1. The Morgan fingerprint density at radius 2 is 2.17 bits per heavy atom. The monoisotopic (exact) mass is 268 g/mol. The lowest BCUT2D eigenvalue weighted by molar-refractivity contribution is -0.0447. The Hall–Kier alpha value is -0.450. The molecule has 1 aliphatic carbocycles. The first-order valence-electron chi connectivity index (χ1n) is 7.01. The maximum Gasteiger partial charge on any atom is 0.125 e. The Labute approximate surface area is 114 Å². The van der Waals surface area contributed by atoms with Crippen molar-refractivity contribution >= 4 is 11.3 Å². The third kappa shape index (κ3) is 3.11. The number of nitrogens with zero attached hydrogens (tertiary/aromatic N) is 1. The van der Waals surface area contributed by atoms with Crippen LogP contribution in [0.5, 0.6) is 0 Å². The summed E-state index contributed by atoms with van der Waals surface area (Å²) in [5.41, 5.74) is 1.07. The van der Waals surface area contributed by atoms with Gasteiger partial charge in [0.2, 0.25) is 0 Å². The van der Waals surface area contributed by atoms with Crippen molar-refractivity contribution in [3.8, 4) is 0 Å². The SMILES string of the molecule is CCCNCc1csc(C2(OC)CCCCC2)n1. The molecule has 0 bridgehead atoms. The van der Waals surface area contributed by atoms with E-state index >= 15 is 0 Å². The molecule has 0 aromatic carbocycles. The van der Waals surface area contributed by atoms with Crippen LogP contribution in [-0.4, -0.2) is 18.6 Å². The van der Waals surface area contributed by atoms with Gasteiger partial charge in [0, 0.05) is 19.0 Å². The minimum absolute atomic E-state index is 0.0913. The van der Waals surface area contributed by atoms with E-state index in [4.69, 9.17) is 9.72 Å². The lowest BCUT2D eigenvalue weighted by Crippen LogP contribution is -2.31. The molecule has 2 rings (SSSR count). The Kier molecular flexibility index (Phi) is 5.15. The number of nitrogens with one attached hydrogen (secondary N) is 1. The summed E-state index contributed by atoms with van der Waals surface area (Å²) in [7, 11) is 1.84. The lowest BCUT2D eigenvalue weighted by atomic mass is 9.85. The van der Waals surface area contributed by atoms with Crippen LogP contribution in [0.15, 0.2) is 5.38 Å². The van der Waals surface area contributed by atoms with Crippen LogP contribution in [0.2, 0.25) is 0 Å². The highest BCUT2D eigenvalue weighted by Crippen LogP contribution is 2.41. The zero-order chi connectivity index (χ0) is 12.8. The van der Waals surface area contributed by atoms with Gasteiger partial charge in [-0.2, -0.15) is 0 Å². The van der Waals surface area contributed by atoms with Gasteiger partial charge in [-0.1, -0.05) is 26.2 Å². The summed E-state index contributed by atoms with van der Waals surface area (Å²) >= 11 is 1.76. The van der Waals surface area contributed by atoms with E-state index in [1.54, 1.807) is 11.3 Å². The lowest BCUT2D eigenvalue weighted by Gasteiger charge is -2.34. The molecule has 0 unspecified atom stereocenters. The van der Waals surface area contributed by atoms with Gasteiger partial charge in [0.05, 0.1) is 5.69 Å². The predicted octanol–water partition coefficient (Wildman–Crippen LogP) is 3.45. The summed E-state index contributed by atoms with van der Waals surface area (Å²) in [6, 6.07) is 0. The van der Waals surface area contributed by atoms with Crippen molar-refractivity contribution in [2.75, 3.05) is 13.7 Å². The van der Waals surface area contributed by atoms with E-state index in [0.717, 1.165) is 31.6 Å². The fourth-order valence-electron chi connectivity index (χ4n) is 2.62. The van der Waals surface area contributed by atoms with E-state index in [9.17, 15) is 0 Å². The minimum atomic E-state index is -0.0913. The Morgan fingerprint density at radius 1 is 1.39 bits per heavy atom. The Morgan fingerprint density at radius 3 is 2.83 bits per heavy atom. The van der Waals surface area contributed by atoms with Crippen molar-refractivity contribution in [2.24, 2.45) is 0 Å². The molecule has 3 nitrogen and oxygen atoms in total. The van der Waals surface area contributed by atoms with Crippen molar-refractivity contribution in [3.63, 3.8) is 0 Å². The number of methoxy groups -OCH3 is 1. The number of hydrogen-bond donors (Lipinski definition) is 1.